The zero-order valence-electron chi connectivity index (χ0n) is 23.4. The van der Waals surface area contributed by atoms with E-state index < -0.39 is 0 Å². The Balaban J connectivity index is 1.58. The number of pyridine rings is 1. The molecule has 0 saturated heterocycles. The number of likely N-dealkylation sites (N-methyl/N-ethyl adjacent to an activating group) is 1. The van der Waals surface area contributed by atoms with Crippen LogP contribution in [0.2, 0.25) is 5.15 Å². The molecule has 4 heterocycles. The number of ketones is 1. The lowest BCUT2D eigenvalue weighted by atomic mass is 10.1. The number of methoxy groups -OCH3 is 1. The van der Waals surface area contributed by atoms with Gasteiger partial charge < -0.3 is 25.1 Å². The summed E-state index contributed by atoms with van der Waals surface area (Å²) in [5, 5.41) is 0.0558. The van der Waals surface area contributed by atoms with Gasteiger partial charge in [-0.1, -0.05) is 25.4 Å². The van der Waals surface area contributed by atoms with Crippen molar-refractivity contribution >= 4 is 46.7 Å². The molecule has 3 aromatic rings. The number of hydrogen-bond acceptors (Lipinski definition) is 9. The van der Waals surface area contributed by atoms with Gasteiger partial charge in [0.25, 0.3) is 5.91 Å². The van der Waals surface area contributed by atoms with Crippen molar-refractivity contribution in [1.29, 1.82) is 0 Å². The number of amides is 1. The van der Waals surface area contributed by atoms with E-state index in [1.54, 1.807) is 31.6 Å². The average molecular weight is 568 g/mol. The van der Waals surface area contributed by atoms with Gasteiger partial charge in [-0.25, -0.2) is 4.98 Å². The van der Waals surface area contributed by atoms with Crippen molar-refractivity contribution in [3.63, 3.8) is 0 Å². The van der Waals surface area contributed by atoms with Crippen LogP contribution in [0.3, 0.4) is 0 Å². The van der Waals surface area contributed by atoms with Gasteiger partial charge in [0.15, 0.2) is 11.6 Å². The first kappa shape index (κ1) is 29.2. The van der Waals surface area contributed by atoms with Crippen molar-refractivity contribution in [2.75, 3.05) is 50.6 Å². The number of carbonyl (C=O) groups is 2. The molecular weight excluding hydrogens is 534 g/mol. The smallest absolute Gasteiger partial charge is 0.260 e. The standard InChI is InChI=1S/C28H34ClN7O4/c1-6-35(7-2)8-9-40-15-22(37)18-10-19(31-13-18)11-20-23-25(29)33-28(30)34-26(23)36(27(20)38)14-21-17(4)24(39-5)16(3)12-32-21/h10-13,31H,6-9,14-15H2,1-5H3,(H2,30,33,34)/b20-11+. The molecule has 0 aromatic carbocycles. The SMILES string of the molecule is CCN(CC)CCOCC(=O)c1c[nH]c(/C=C2/C(=O)N(Cc3ncc(C)c(OC)c3C)c3nc(N)nc(Cl)c32)c1. The zero-order chi connectivity index (χ0) is 29.0. The van der Waals surface area contributed by atoms with Gasteiger partial charge in [-0.2, -0.15) is 4.98 Å². The summed E-state index contributed by atoms with van der Waals surface area (Å²) in [4.78, 5) is 46.0. The minimum atomic E-state index is -0.347. The van der Waals surface area contributed by atoms with Gasteiger partial charge in [0.05, 0.1) is 37.1 Å². The van der Waals surface area contributed by atoms with E-state index in [2.05, 4.69) is 38.7 Å². The van der Waals surface area contributed by atoms with E-state index in [0.717, 1.165) is 30.8 Å². The van der Waals surface area contributed by atoms with Crippen LogP contribution in [0.15, 0.2) is 18.5 Å². The maximum absolute atomic E-state index is 13.7. The van der Waals surface area contributed by atoms with Gasteiger partial charge in [-0.3, -0.25) is 19.5 Å². The molecule has 212 valence electrons. The normalized spacial score (nSPS) is 13.9. The lowest BCUT2D eigenvalue weighted by Gasteiger charge is -2.19. The number of rotatable bonds is 12. The Labute approximate surface area is 238 Å². The van der Waals surface area contributed by atoms with Crippen molar-refractivity contribution in [3.05, 3.63) is 57.3 Å². The number of aromatic amines is 1. The monoisotopic (exact) mass is 567 g/mol. The minimum absolute atomic E-state index is 0.0318. The first-order valence-corrected chi connectivity index (χ1v) is 13.4. The number of nitrogens with two attached hydrogens (primary N) is 1. The molecule has 3 aromatic heterocycles. The maximum Gasteiger partial charge on any atom is 0.260 e. The minimum Gasteiger partial charge on any atom is -0.496 e. The number of Topliss-reactive ketones (excluding diaryl/α,β-unsaturated/α-hetero) is 1. The molecule has 1 aliphatic heterocycles. The van der Waals surface area contributed by atoms with E-state index in [1.165, 1.54) is 4.90 Å². The van der Waals surface area contributed by atoms with Gasteiger partial charge in [0.1, 0.15) is 17.5 Å². The molecule has 3 N–H and O–H groups in total. The quantitative estimate of drug-likeness (QED) is 0.145. The van der Waals surface area contributed by atoms with Crippen LogP contribution in [0.4, 0.5) is 11.8 Å². The molecule has 0 radical (unpaired) electrons. The summed E-state index contributed by atoms with van der Waals surface area (Å²) in [6.45, 7) is 11.2. The molecule has 40 heavy (non-hydrogen) atoms. The van der Waals surface area contributed by atoms with Gasteiger partial charge in [0.2, 0.25) is 5.95 Å². The molecule has 1 aliphatic rings. The van der Waals surface area contributed by atoms with Crippen LogP contribution in [-0.4, -0.2) is 76.5 Å². The fraction of sp³-hybridized carbons (Fsp3) is 0.393. The average Bonchev–Trinajstić information content (AvgIpc) is 3.49. The number of aromatic nitrogens is 4. The van der Waals surface area contributed by atoms with Crippen molar-refractivity contribution in [2.45, 2.75) is 34.2 Å². The summed E-state index contributed by atoms with van der Waals surface area (Å²) in [5.41, 5.74) is 9.86. The van der Waals surface area contributed by atoms with E-state index in [-0.39, 0.29) is 41.5 Å². The number of aryl methyl sites for hydroxylation is 1. The van der Waals surface area contributed by atoms with Crippen LogP contribution in [-0.2, 0) is 16.1 Å². The summed E-state index contributed by atoms with van der Waals surface area (Å²) in [6, 6.07) is 1.67. The van der Waals surface area contributed by atoms with Gasteiger partial charge in [-0.05, 0) is 39.1 Å². The van der Waals surface area contributed by atoms with Crippen LogP contribution in [0, 0.1) is 13.8 Å². The molecule has 0 bridgehead atoms. The number of nitrogen functional groups attached to an aromatic ring is 1. The Morgan fingerprint density at radius 3 is 2.70 bits per heavy atom. The lowest BCUT2D eigenvalue weighted by Crippen LogP contribution is -2.27. The van der Waals surface area contributed by atoms with Crippen LogP contribution in [0.1, 0.15) is 52.3 Å². The summed E-state index contributed by atoms with van der Waals surface area (Å²) in [7, 11) is 1.60. The zero-order valence-corrected chi connectivity index (χ0v) is 24.1. The van der Waals surface area contributed by atoms with E-state index in [1.807, 2.05) is 13.8 Å². The maximum atomic E-state index is 13.7. The number of anilines is 2. The van der Waals surface area contributed by atoms with Crippen LogP contribution < -0.4 is 15.4 Å². The Morgan fingerprint density at radius 1 is 1.25 bits per heavy atom. The number of fused-ring (bicyclic) bond motifs is 1. The topological polar surface area (TPSA) is 140 Å². The predicted octanol–water partition coefficient (Wildman–Crippen LogP) is 3.69. The van der Waals surface area contributed by atoms with Gasteiger partial charge >= 0.3 is 0 Å². The number of hydrogen-bond donors (Lipinski definition) is 2. The first-order chi connectivity index (χ1) is 19.2. The number of halogens is 1. The predicted molar refractivity (Wildman–Crippen MR) is 155 cm³/mol. The molecule has 0 unspecified atom stereocenters. The lowest BCUT2D eigenvalue weighted by molar-refractivity contribution is -0.113. The third-order valence-corrected chi connectivity index (χ3v) is 7.20. The van der Waals surface area contributed by atoms with Gasteiger partial charge in [0, 0.05) is 41.3 Å². The molecular formula is C28H34ClN7O4. The molecule has 1 amide bonds. The summed E-state index contributed by atoms with van der Waals surface area (Å²) in [5.74, 6) is 0.430. The molecule has 4 rings (SSSR count). The molecule has 0 aliphatic carbocycles. The number of carbonyl (C=O) groups excluding carboxylic acids is 2. The summed E-state index contributed by atoms with van der Waals surface area (Å²) >= 11 is 6.47. The van der Waals surface area contributed by atoms with Crippen LogP contribution in [0.5, 0.6) is 5.75 Å². The van der Waals surface area contributed by atoms with E-state index in [4.69, 9.17) is 26.8 Å². The molecule has 0 atom stereocenters. The third kappa shape index (κ3) is 6.01. The largest absolute Gasteiger partial charge is 0.496 e. The number of nitrogens with one attached hydrogen (secondary N) is 1. The third-order valence-electron chi connectivity index (χ3n) is 6.93. The first-order valence-electron chi connectivity index (χ1n) is 13.1. The highest BCUT2D eigenvalue weighted by Crippen LogP contribution is 2.41. The van der Waals surface area contributed by atoms with Crippen molar-refractivity contribution < 1.29 is 19.1 Å². The molecule has 11 nitrogen and oxygen atoms in total. The molecule has 0 spiro atoms. The second-order valence-corrected chi connectivity index (χ2v) is 9.77. The Hall–Kier alpha value is -3.80. The Kier molecular flexibility index (Phi) is 9.18. The number of nitrogens with zero attached hydrogens (tertiary/aromatic N) is 5. The van der Waals surface area contributed by atoms with Crippen LogP contribution >= 0.6 is 11.6 Å². The highest BCUT2D eigenvalue weighted by atomic mass is 35.5. The summed E-state index contributed by atoms with van der Waals surface area (Å²) in [6.07, 6.45) is 4.92. The van der Waals surface area contributed by atoms with Crippen molar-refractivity contribution in [2.24, 2.45) is 0 Å². The molecule has 0 fully saturated rings. The van der Waals surface area contributed by atoms with Crippen LogP contribution in [0.25, 0.3) is 11.6 Å². The Morgan fingerprint density at radius 2 is 2.00 bits per heavy atom. The number of H-pyrrole nitrogens is 1. The Bertz CT molecular complexity index is 1450. The van der Waals surface area contributed by atoms with Crippen molar-refractivity contribution in [1.82, 2.24) is 24.8 Å². The van der Waals surface area contributed by atoms with Crippen molar-refractivity contribution in [3.8, 4) is 5.75 Å². The van der Waals surface area contributed by atoms with Gasteiger partial charge in [-0.15, -0.1) is 0 Å². The second kappa shape index (κ2) is 12.6. The van der Waals surface area contributed by atoms with E-state index in [0.29, 0.717) is 40.7 Å². The summed E-state index contributed by atoms with van der Waals surface area (Å²) < 4.78 is 11.1. The van der Waals surface area contributed by atoms with E-state index in [9.17, 15) is 9.59 Å². The fourth-order valence-electron chi connectivity index (χ4n) is 4.67. The second-order valence-electron chi connectivity index (χ2n) is 9.41. The highest BCUT2D eigenvalue weighted by molar-refractivity contribution is 6.41. The highest BCUT2D eigenvalue weighted by Gasteiger charge is 2.37. The molecule has 12 heteroatoms. The number of ether oxygens (including phenoxy) is 2. The van der Waals surface area contributed by atoms with E-state index >= 15 is 0 Å². The molecule has 0 saturated carbocycles. The fourth-order valence-corrected chi connectivity index (χ4v) is 4.94.